The van der Waals surface area contributed by atoms with Crippen molar-refractivity contribution in [2.24, 2.45) is 0 Å². The van der Waals surface area contributed by atoms with E-state index >= 15 is 0 Å². The van der Waals surface area contributed by atoms with Crippen LogP contribution in [0, 0.1) is 19.7 Å². The van der Waals surface area contributed by atoms with E-state index in [1.165, 1.54) is 16.7 Å². The number of benzene rings is 1. The number of aryl methyl sites for hydroxylation is 2. The van der Waals surface area contributed by atoms with Gasteiger partial charge in [-0.1, -0.05) is 12.1 Å². The molecule has 0 aliphatic carbocycles. The van der Waals surface area contributed by atoms with Gasteiger partial charge in [0.1, 0.15) is 24.2 Å². The van der Waals surface area contributed by atoms with Crippen molar-refractivity contribution in [3.05, 3.63) is 81.4 Å². The highest BCUT2D eigenvalue weighted by molar-refractivity contribution is 5.76. The smallest absolute Gasteiger partial charge is 0.348 e. The molecule has 1 aromatic carbocycles. The molecule has 0 N–H and O–H groups in total. The van der Waals surface area contributed by atoms with Crippen molar-refractivity contribution in [3.63, 3.8) is 0 Å². The Morgan fingerprint density at radius 2 is 2.00 bits per heavy atom. The predicted molar refractivity (Wildman–Crippen MR) is 112 cm³/mol. The largest absolute Gasteiger partial charge is 0.443 e. The molecule has 1 atom stereocenters. The summed E-state index contributed by atoms with van der Waals surface area (Å²) >= 11 is 0. The predicted octanol–water partition coefficient (Wildman–Crippen LogP) is 3.33. The van der Waals surface area contributed by atoms with Crippen LogP contribution in [0.4, 0.5) is 4.39 Å². The maximum Gasteiger partial charge on any atom is 0.348 e. The number of hydrogen-bond acceptors (Lipinski definition) is 5. The number of amides is 1. The van der Waals surface area contributed by atoms with Gasteiger partial charge in [0.2, 0.25) is 11.8 Å². The molecule has 8 heteroatoms. The van der Waals surface area contributed by atoms with Gasteiger partial charge < -0.3 is 9.32 Å². The first-order valence-electron chi connectivity index (χ1n) is 10.4. The molecule has 0 radical (unpaired) electrons. The molecule has 0 spiro atoms. The van der Waals surface area contributed by atoms with Crippen molar-refractivity contribution in [1.29, 1.82) is 0 Å². The Bertz CT molecular complexity index is 1140. The van der Waals surface area contributed by atoms with Crippen LogP contribution in [0.15, 0.2) is 45.7 Å². The minimum atomic E-state index is -0.419. The first-order valence-corrected chi connectivity index (χ1v) is 10.4. The molecule has 1 aliphatic rings. The van der Waals surface area contributed by atoms with Crippen LogP contribution >= 0.6 is 0 Å². The van der Waals surface area contributed by atoms with Crippen LogP contribution < -0.4 is 5.69 Å². The van der Waals surface area contributed by atoms with E-state index < -0.39 is 5.69 Å². The van der Waals surface area contributed by atoms with Crippen molar-refractivity contribution in [3.8, 4) is 0 Å². The van der Waals surface area contributed by atoms with Crippen LogP contribution in [0.25, 0.3) is 0 Å². The van der Waals surface area contributed by atoms with E-state index in [9.17, 15) is 14.0 Å². The van der Waals surface area contributed by atoms with Crippen LogP contribution in [0.2, 0.25) is 0 Å². The topological polar surface area (TPSA) is 81.2 Å². The summed E-state index contributed by atoms with van der Waals surface area (Å²) in [7, 11) is 0. The van der Waals surface area contributed by atoms with Gasteiger partial charge in [-0.25, -0.2) is 14.2 Å². The van der Waals surface area contributed by atoms with E-state index in [-0.39, 0.29) is 24.3 Å². The van der Waals surface area contributed by atoms with Gasteiger partial charge in [0.15, 0.2) is 0 Å². The number of rotatable bonds is 5. The molecule has 0 bridgehead atoms. The second kappa shape index (κ2) is 8.83. The van der Waals surface area contributed by atoms with Crippen molar-refractivity contribution < 1.29 is 13.6 Å². The second-order valence-corrected chi connectivity index (χ2v) is 7.97. The number of nitrogens with zero attached hydrogens (tertiary/aromatic N) is 4. The second-order valence-electron chi connectivity index (χ2n) is 7.97. The molecule has 1 amide bonds. The average Bonchev–Trinajstić information content (AvgIpc) is 3.20. The number of aromatic nitrogens is 3. The molecule has 2 aromatic heterocycles. The van der Waals surface area contributed by atoms with Gasteiger partial charge in [-0.15, -0.1) is 0 Å². The Kier molecular flexibility index (Phi) is 5.97. The number of carbonyl (C=O) groups excluding carboxylic acids is 1. The highest BCUT2D eigenvalue weighted by Crippen LogP contribution is 2.31. The summed E-state index contributed by atoms with van der Waals surface area (Å²) in [6.45, 7) is 4.09. The van der Waals surface area contributed by atoms with Gasteiger partial charge in [0, 0.05) is 24.4 Å². The highest BCUT2D eigenvalue weighted by atomic mass is 19.1. The van der Waals surface area contributed by atoms with E-state index in [2.05, 4.69) is 9.97 Å². The summed E-state index contributed by atoms with van der Waals surface area (Å²) in [6.07, 6.45) is 4.77. The van der Waals surface area contributed by atoms with Gasteiger partial charge >= 0.3 is 5.69 Å². The van der Waals surface area contributed by atoms with Gasteiger partial charge in [-0.2, -0.15) is 4.98 Å². The van der Waals surface area contributed by atoms with Crippen molar-refractivity contribution in [2.75, 3.05) is 6.54 Å². The zero-order valence-corrected chi connectivity index (χ0v) is 17.7. The summed E-state index contributed by atoms with van der Waals surface area (Å²) in [4.78, 5) is 35.5. The fourth-order valence-corrected chi connectivity index (χ4v) is 4.04. The Morgan fingerprint density at radius 1 is 1.23 bits per heavy atom. The molecule has 4 rings (SSSR count). The number of piperidine rings is 1. The Labute approximate surface area is 179 Å². The summed E-state index contributed by atoms with van der Waals surface area (Å²) < 4.78 is 20.5. The molecule has 31 heavy (non-hydrogen) atoms. The van der Waals surface area contributed by atoms with E-state index in [1.807, 2.05) is 0 Å². The maximum atomic E-state index is 13.1. The van der Waals surface area contributed by atoms with E-state index in [0.29, 0.717) is 36.0 Å². The molecule has 0 saturated carbocycles. The van der Waals surface area contributed by atoms with Crippen molar-refractivity contribution in [2.45, 2.75) is 52.1 Å². The van der Waals surface area contributed by atoms with Gasteiger partial charge in [0.25, 0.3) is 0 Å². The average molecular weight is 424 g/mol. The standard InChI is InChI=1S/C23H25FN4O3/c1-15-11-16(2)28(23(30)26-15)14-21(29)27-10-4-3-5-20(27)22-25-13-19(31-22)12-17-6-8-18(24)9-7-17/h6-9,11,13,20H,3-5,10,12,14H2,1-2H3. The normalized spacial score (nSPS) is 16.5. The lowest BCUT2D eigenvalue weighted by atomic mass is 10.0. The lowest BCUT2D eigenvalue weighted by Gasteiger charge is -2.34. The monoisotopic (exact) mass is 424 g/mol. The fourth-order valence-electron chi connectivity index (χ4n) is 4.04. The molecule has 162 valence electrons. The minimum absolute atomic E-state index is 0.0579. The minimum Gasteiger partial charge on any atom is -0.443 e. The summed E-state index contributed by atoms with van der Waals surface area (Å²) in [5.74, 6) is 0.723. The molecule has 1 saturated heterocycles. The van der Waals surface area contributed by atoms with Gasteiger partial charge in [-0.05, 0) is 56.9 Å². The third kappa shape index (κ3) is 4.73. The van der Waals surface area contributed by atoms with Gasteiger partial charge in [-0.3, -0.25) is 9.36 Å². The van der Waals surface area contributed by atoms with Crippen molar-refractivity contribution in [1.82, 2.24) is 19.4 Å². The van der Waals surface area contributed by atoms with Crippen LogP contribution in [-0.4, -0.2) is 31.9 Å². The molecule has 3 aromatic rings. The quantitative estimate of drug-likeness (QED) is 0.628. The van der Waals surface area contributed by atoms with Crippen LogP contribution in [0.5, 0.6) is 0 Å². The summed E-state index contributed by atoms with van der Waals surface area (Å²) in [6, 6.07) is 7.78. The number of likely N-dealkylation sites (tertiary alicyclic amines) is 1. The Morgan fingerprint density at radius 3 is 2.74 bits per heavy atom. The zero-order chi connectivity index (χ0) is 22.0. The molecule has 1 unspecified atom stereocenters. The van der Waals surface area contributed by atoms with E-state index in [4.69, 9.17) is 4.42 Å². The zero-order valence-electron chi connectivity index (χ0n) is 17.7. The third-order valence-electron chi connectivity index (χ3n) is 5.61. The fraction of sp³-hybridized carbons (Fsp3) is 0.391. The number of hydrogen-bond donors (Lipinski definition) is 0. The molecule has 3 heterocycles. The van der Waals surface area contributed by atoms with E-state index in [0.717, 1.165) is 24.8 Å². The highest BCUT2D eigenvalue weighted by Gasteiger charge is 2.31. The summed E-state index contributed by atoms with van der Waals surface area (Å²) in [5, 5.41) is 0. The van der Waals surface area contributed by atoms with Crippen molar-refractivity contribution >= 4 is 5.91 Å². The third-order valence-corrected chi connectivity index (χ3v) is 5.61. The van der Waals surface area contributed by atoms with Crippen LogP contribution in [-0.2, 0) is 17.8 Å². The maximum absolute atomic E-state index is 13.1. The molecule has 7 nitrogen and oxygen atoms in total. The first-order chi connectivity index (χ1) is 14.9. The number of oxazole rings is 1. The molecular formula is C23H25FN4O3. The lowest BCUT2D eigenvalue weighted by molar-refractivity contribution is -0.136. The van der Waals surface area contributed by atoms with Crippen LogP contribution in [0.3, 0.4) is 0 Å². The Balaban J connectivity index is 1.51. The van der Waals surface area contributed by atoms with E-state index in [1.54, 1.807) is 43.1 Å². The lowest BCUT2D eigenvalue weighted by Crippen LogP contribution is -2.42. The first kappa shape index (κ1) is 21.0. The Hall–Kier alpha value is -3.29. The number of carbonyl (C=O) groups is 1. The summed E-state index contributed by atoms with van der Waals surface area (Å²) in [5.41, 5.74) is 1.84. The SMILES string of the molecule is Cc1cc(C)n(CC(=O)N2CCCCC2c2ncc(Cc3ccc(F)cc3)o2)c(=O)n1. The molecule has 1 fully saturated rings. The molecule has 1 aliphatic heterocycles. The van der Waals surface area contributed by atoms with Gasteiger partial charge in [0.05, 0.1) is 6.20 Å². The number of halogens is 1. The van der Waals surface area contributed by atoms with Crippen LogP contribution in [0.1, 0.15) is 53.9 Å². The molecular weight excluding hydrogens is 399 g/mol.